The van der Waals surface area contributed by atoms with Gasteiger partial charge in [-0.2, -0.15) is 4.37 Å². The molecule has 1 unspecified atom stereocenters. The lowest BCUT2D eigenvalue weighted by Crippen LogP contribution is -1.89. The van der Waals surface area contributed by atoms with E-state index in [2.05, 4.69) is 27.5 Å². The Bertz CT molecular complexity index is 207. The Morgan fingerprint density at radius 1 is 1.67 bits per heavy atom. The van der Waals surface area contributed by atoms with Crippen molar-refractivity contribution in [1.82, 2.24) is 4.37 Å². The van der Waals surface area contributed by atoms with Gasteiger partial charge in [0.15, 0.2) is 0 Å². The van der Waals surface area contributed by atoms with Crippen LogP contribution in [0.1, 0.15) is 18.2 Å². The summed E-state index contributed by atoms with van der Waals surface area (Å²) in [7, 11) is 2.69. The van der Waals surface area contributed by atoms with Crippen molar-refractivity contribution in [3.63, 3.8) is 0 Å². The van der Waals surface area contributed by atoms with Crippen LogP contribution in [0.5, 0.6) is 0 Å². The fourth-order valence-electron chi connectivity index (χ4n) is 0.713. The molecule has 0 aliphatic rings. The highest BCUT2D eigenvalue weighted by atomic mass is 32.1. The van der Waals surface area contributed by atoms with Crippen LogP contribution in [0.2, 0.25) is 0 Å². The van der Waals surface area contributed by atoms with Crippen molar-refractivity contribution >= 4 is 25.4 Å². The average molecular weight is 159 g/mol. The lowest BCUT2D eigenvalue weighted by atomic mass is 10.2. The molecule has 0 amide bonds. The molecular formula is C6H10NPS. The zero-order chi connectivity index (χ0) is 6.85. The van der Waals surface area contributed by atoms with Gasteiger partial charge in [-0.25, -0.2) is 0 Å². The molecule has 1 atom stereocenters. The quantitative estimate of drug-likeness (QED) is 0.566. The third kappa shape index (κ3) is 1.31. The van der Waals surface area contributed by atoms with E-state index in [0.29, 0.717) is 0 Å². The van der Waals surface area contributed by atoms with Crippen LogP contribution in [0.25, 0.3) is 0 Å². The van der Waals surface area contributed by atoms with Crippen LogP contribution < -0.4 is 4.62 Å². The highest BCUT2D eigenvalue weighted by molar-refractivity contribution is 7.41. The third-order valence-electron chi connectivity index (χ3n) is 1.39. The second-order valence-electron chi connectivity index (χ2n) is 1.97. The second-order valence-corrected chi connectivity index (χ2v) is 3.77. The molecule has 1 heterocycles. The van der Waals surface area contributed by atoms with E-state index in [1.807, 2.05) is 0 Å². The average Bonchev–Trinajstić information content (AvgIpc) is 2.15. The molecule has 50 valence electrons. The summed E-state index contributed by atoms with van der Waals surface area (Å²) in [4.78, 5) is 0. The van der Waals surface area contributed by atoms with Gasteiger partial charge in [-0.15, -0.1) is 0 Å². The van der Waals surface area contributed by atoms with E-state index in [9.17, 15) is 0 Å². The summed E-state index contributed by atoms with van der Waals surface area (Å²) < 4.78 is 5.52. The zero-order valence-corrected chi connectivity index (χ0v) is 7.61. The second kappa shape index (κ2) is 2.76. The molecule has 0 saturated heterocycles. The molecule has 1 aromatic rings. The topological polar surface area (TPSA) is 12.9 Å². The Balaban J connectivity index is 3.04. The molecule has 0 fully saturated rings. The van der Waals surface area contributed by atoms with Gasteiger partial charge in [0.05, 0.1) is 5.69 Å². The summed E-state index contributed by atoms with van der Waals surface area (Å²) in [5.74, 6) is 0. The van der Waals surface area contributed by atoms with E-state index in [1.54, 1.807) is 11.5 Å². The van der Waals surface area contributed by atoms with Crippen molar-refractivity contribution in [2.75, 3.05) is 0 Å². The van der Waals surface area contributed by atoms with Crippen LogP contribution in [0.3, 0.4) is 0 Å². The van der Waals surface area contributed by atoms with E-state index in [0.717, 1.165) is 6.42 Å². The monoisotopic (exact) mass is 159 g/mol. The van der Waals surface area contributed by atoms with Crippen LogP contribution in [-0.2, 0) is 6.42 Å². The summed E-state index contributed by atoms with van der Waals surface area (Å²) >= 11 is 1.57. The van der Waals surface area contributed by atoms with Crippen molar-refractivity contribution in [3.05, 3.63) is 11.3 Å². The Hall–Kier alpha value is 0.0600. The van der Waals surface area contributed by atoms with Gasteiger partial charge in [0, 0.05) is 4.62 Å². The SMILES string of the molecule is CCc1nsc(P)c1C. The minimum absolute atomic E-state index is 1.05. The molecule has 1 rings (SSSR count). The lowest BCUT2D eigenvalue weighted by molar-refractivity contribution is 1.06. The molecule has 0 aliphatic carbocycles. The summed E-state index contributed by atoms with van der Waals surface area (Å²) in [6.07, 6.45) is 1.05. The highest BCUT2D eigenvalue weighted by Gasteiger charge is 2.01. The van der Waals surface area contributed by atoms with Gasteiger partial charge in [-0.05, 0) is 30.4 Å². The van der Waals surface area contributed by atoms with Crippen LogP contribution >= 0.6 is 20.8 Å². The minimum Gasteiger partial charge on any atom is -0.197 e. The largest absolute Gasteiger partial charge is 0.197 e. The minimum atomic E-state index is 1.05. The molecule has 0 N–H and O–H groups in total. The van der Waals surface area contributed by atoms with Gasteiger partial charge in [-0.3, -0.25) is 0 Å². The number of rotatable bonds is 1. The lowest BCUT2D eigenvalue weighted by Gasteiger charge is -1.88. The Morgan fingerprint density at radius 2 is 2.33 bits per heavy atom. The van der Waals surface area contributed by atoms with Crippen molar-refractivity contribution in [2.45, 2.75) is 20.3 Å². The first kappa shape index (κ1) is 7.17. The number of hydrogen-bond acceptors (Lipinski definition) is 2. The Morgan fingerprint density at radius 3 is 2.56 bits per heavy atom. The molecule has 1 nitrogen and oxygen atoms in total. The van der Waals surface area contributed by atoms with E-state index >= 15 is 0 Å². The van der Waals surface area contributed by atoms with Gasteiger partial charge in [-0.1, -0.05) is 16.2 Å². The van der Waals surface area contributed by atoms with Crippen molar-refractivity contribution < 1.29 is 0 Å². The number of nitrogens with zero attached hydrogens (tertiary/aromatic N) is 1. The van der Waals surface area contributed by atoms with Crippen LogP contribution in [-0.4, -0.2) is 4.37 Å². The van der Waals surface area contributed by atoms with E-state index in [-0.39, 0.29) is 0 Å². The maximum atomic E-state index is 4.25. The predicted molar refractivity (Wildman–Crippen MR) is 45.6 cm³/mol. The summed E-state index contributed by atoms with van der Waals surface area (Å²) in [6, 6.07) is 0. The fraction of sp³-hybridized carbons (Fsp3) is 0.500. The molecule has 0 saturated carbocycles. The van der Waals surface area contributed by atoms with Crippen molar-refractivity contribution in [1.29, 1.82) is 0 Å². The molecule has 0 spiro atoms. The smallest absolute Gasteiger partial charge is 0.0575 e. The fourth-order valence-corrected chi connectivity index (χ4v) is 1.77. The van der Waals surface area contributed by atoms with E-state index in [1.165, 1.54) is 15.9 Å². The van der Waals surface area contributed by atoms with E-state index < -0.39 is 0 Å². The summed E-state index contributed by atoms with van der Waals surface area (Å²) in [6.45, 7) is 4.25. The van der Waals surface area contributed by atoms with Crippen LogP contribution in [0.15, 0.2) is 0 Å². The molecule has 9 heavy (non-hydrogen) atoms. The zero-order valence-electron chi connectivity index (χ0n) is 5.64. The van der Waals surface area contributed by atoms with Gasteiger partial charge >= 0.3 is 0 Å². The Labute approximate surface area is 61.9 Å². The van der Waals surface area contributed by atoms with Crippen molar-refractivity contribution in [2.24, 2.45) is 0 Å². The first-order chi connectivity index (χ1) is 4.25. The number of hydrogen-bond donors (Lipinski definition) is 0. The van der Waals surface area contributed by atoms with Crippen molar-refractivity contribution in [3.8, 4) is 0 Å². The number of aryl methyl sites for hydroxylation is 1. The third-order valence-corrected chi connectivity index (χ3v) is 2.96. The van der Waals surface area contributed by atoms with E-state index in [4.69, 9.17) is 0 Å². The molecular weight excluding hydrogens is 149 g/mol. The first-order valence-corrected chi connectivity index (χ1v) is 4.31. The van der Waals surface area contributed by atoms with Gasteiger partial charge in [0.1, 0.15) is 0 Å². The molecule has 0 radical (unpaired) electrons. The maximum absolute atomic E-state index is 4.25. The molecule has 3 heteroatoms. The van der Waals surface area contributed by atoms with Crippen LogP contribution in [0, 0.1) is 6.92 Å². The highest BCUT2D eigenvalue weighted by Crippen LogP contribution is 2.09. The van der Waals surface area contributed by atoms with Gasteiger partial charge in [0.2, 0.25) is 0 Å². The number of aromatic nitrogens is 1. The predicted octanol–water partition coefficient (Wildman–Crippen LogP) is 1.51. The van der Waals surface area contributed by atoms with Crippen LogP contribution in [0.4, 0.5) is 0 Å². The standard InChI is InChI=1S/C6H10NPS/c1-3-5-4(2)6(8)9-7-5/h3,8H2,1-2H3. The molecule has 0 aliphatic heterocycles. The summed E-state index contributed by atoms with van der Waals surface area (Å²) in [5.41, 5.74) is 2.58. The summed E-state index contributed by atoms with van der Waals surface area (Å²) in [5, 5.41) is 0. The molecule has 1 aromatic heterocycles. The maximum Gasteiger partial charge on any atom is 0.0575 e. The van der Waals surface area contributed by atoms with Gasteiger partial charge < -0.3 is 0 Å². The Kier molecular flexibility index (Phi) is 2.20. The molecule has 0 aromatic carbocycles. The normalized spacial score (nSPS) is 10.1. The first-order valence-electron chi connectivity index (χ1n) is 2.96. The van der Waals surface area contributed by atoms with Gasteiger partial charge in [0.25, 0.3) is 0 Å². The molecule has 0 bridgehead atoms.